The lowest BCUT2D eigenvalue weighted by Crippen LogP contribution is -2.32. The van der Waals surface area contributed by atoms with Gasteiger partial charge in [0.05, 0.1) is 13.2 Å². The zero-order chi connectivity index (χ0) is 13.5. The quantitative estimate of drug-likeness (QED) is 0.811. The molecule has 4 nitrogen and oxygen atoms in total. The van der Waals surface area contributed by atoms with Crippen molar-refractivity contribution in [3.63, 3.8) is 0 Å². The first kappa shape index (κ1) is 14.5. The molecule has 0 heterocycles. The minimum atomic E-state index is -0.0855. The SMILES string of the molecule is CCC(N)CC(=O)N[C@H](C)c1ccccc1OC. The van der Waals surface area contributed by atoms with Crippen LogP contribution < -0.4 is 15.8 Å². The van der Waals surface area contributed by atoms with Gasteiger partial charge in [-0.05, 0) is 19.4 Å². The van der Waals surface area contributed by atoms with E-state index in [9.17, 15) is 4.79 Å². The van der Waals surface area contributed by atoms with Crippen molar-refractivity contribution >= 4 is 5.91 Å². The molecule has 1 rings (SSSR count). The number of ether oxygens (including phenoxy) is 1. The fraction of sp³-hybridized carbons (Fsp3) is 0.500. The lowest BCUT2D eigenvalue weighted by molar-refractivity contribution is -0.122. The smallest absolute Gasteiger partial charge is 0.222 e. The Labute approximate surface area is 109 Å². The largest absolute Gasteiger partial charge is 0.496 e. The maximum Gasteiger partial charge on any atom is 0.222 e. The van der Waals surface area contributed by atoms with Crippen LogP contribution in [0.3, 0.4) is 0 Å². The fourth-order valence-electron chi connectivity index (χ4n) is 1.78. The topological polar surface area (TPSA) is 64.4 Å². The summed E-state index contributed by atoms with van der Waals surface area (Å²) in [6, 6.07) is 7.51. The van der Waals surface area contributed by atoms with Crippen molar-refractivity contribution in [2.75, 3.05) is 7.11 Å². The Balaban J connectivity index is 2.64. The zero-order valence-electron chi connectivity index (χ0n) is 11.3. The highest BCUT2D eigenvalue weighted by molar-refractivity contribution is 5.77. The third kappa shape index (κ3) is 4.04. The average molecular weight is 250 g/mol. The molecule has 1 unspecified atom stereocenters. The van der Waals surface area contributed by atoms with Crippen LogP contribution in [0.15, 0.2) is 24.3 Å². The molecule has 4 heteroatoms. The van der Waals surface area contributed by atoms with Crippen LogP contribution >= 0.6 is 0 Å². The van der Waals surface area contributed by atoms with Gasteiger partial charge in [-0.3, -0.25) is 4.79 Å². The number of hydrogen-bond donors (Lipinski definition) is 2. The van der Waals surface area contributed by atoms with Crippen molar-refractivity contribution in [1.82, 2.24) is 5.32 Å². The van der Waals surface area contributed by atoms with Gasteiger partial charge < -0.3 is 15.8 Å². The van der Waals surface area contributed by atoms with Gasteiger partial charge in [-0.15, -0.1) is 0 Å². The van der Waals surface area contributed by atoms with E-state index in [0.717, 1.165) is 17.7 Å². The lowest BCUT2D eigenvalue weighted by Gasteiger charge is -2.18. The predicted molar refractivity (Wildman–Crippen MR) is 72.4 cm³/mol. The molecule has 3 N–H and O–H groups in total. The molecule has 18 heavy (non-hydrogen) atoms. The average Bonchev–Trinajstić information content (AvgIpc) is 2.38. The molecule has 0 radical (unpaired) electrons. The molecule has 0 saturated carbocycles. The Morgan fingerprint density at radius 3 is 2.72 bits per heavy atom. The molecule has 0 aliphatic heterocycles. The summed E-state index contributed by atoms with van der Waals surface area (Å²) in [7, 11) is 1.63. The summed E-state index contributed by atoms with van der Waals surface area (Å²) in [5, 5.41) is 2.94. The summed E-state index contributed by atoms with van der Waals surface area (Å²) in [4.78, 5) is 11.8. The lowest BCUT2D eigenvalue weighted by atomic mass is 10.1. The second-order valence-electron chi connectivity index (χ2n) is 4.40. The molecule has 0 aliphatic rings. The zero-order valence-corrected chi connectivity index (χ0v) is 11.3. The second-order valence-corrected chi connectivity index (χ2v) is 4.40. The number of nitrogens with two attached hydrogens (primary N) is 1. The van der Waals surface area contributed by atoms with Crippen molar-refractivity contribution in [3.8, 4) is 5.75 Å². The molecule has 100 valence electrons. The van der Waals surface area contributed by atoms with Crippen LogP contribution in [0, 0.1) is 0 Å². The predicted octanol–water partition coefficient (Wildman–Crippen LogP) is 2.00. The number of carbonyl (C=O) groups is 1. The van der Waals surface area contributed by atoms with Crippen LogP contribution in [0.2, 0.25) is 0 Å². The summed E-state index contributed by atoms with van der Waals surface area (Å²) < 4.78 is 5.27. The number of hydrogen-bond acceptors (Lipinski definition) is 3. The molecule has 0 spiro atoms. The Bertz CT molecular complexity index is 393. The van der Waals surface area contributed by atoms with Crippen molar-refractivity contribution in [1.29, 1.82) is 0 Å². The minimum absolute atomic E-state index is 0.0252. The highest BCUT2D eigenvalue weighted by atomic mass is 16.5. The van der Waals surface area contributed by atoms with Gasteiger partial charge in [0, 0.05) is 18.0 Å². The van der Waals surface area contributed by atoms with Crippen molar-refractivity contribution in [3.05, 3.63) is 29.8 Å². The third-order valence-corrected chi connectivity index (χ3v) is 2.95. The van der Waals surface area contributed by atoms with Crippen LogP contribution in [-0.2, 0) is 4.79 Å². The molecule has 0 aliphatic carbocycles. The van der Waals surface area contributed by atoms with Gasteiger partial charge in [0.2, 0.25) is 5.91 Å². The van der Waals surface area contributed by atoms with Gasteiger partial charge in [-0.1, -0.05) is 25.1 Å². The second kappa shape index (κ2) is 7.01. The van der Waals surface area contributed by atoms with E-state index in [1.165, 1.54) is 0 Å². The number of amides is 1. The summed E-state index contributed by atoms with van der Waals surface area (Å²) in [6.45, 7) is 3.91. The standard InChI is InChI=1S/C14H22N2O2/c1-4-11(15)9-14(17)16-10(2)12-7-5-6-8-13(12)18-3/h5-8,10-11H,4,9,15H2,1-3H3,(H,16,17)/t10-,11?/m1/s1. The van der Waals surface area contributed by atoms with Crippen LogP contribution in [-0.4, -0.2) is 19.1 Å². The molecule has 0 fully saturated rings. The Kier molecular flexibility index (Phi) is 5.65. The summed E-state index contributed by atoms with van der Waals surface area (Å²) in [5.41, 5.74) is 6.73. The summed E-state index contributed by atoms with van der Waals surface area (Å²) in [5.74, 6) is 0.757. The van der Waals surface area contributed by atoms with Crippen LogP contribution in [0.4, 0.5) is 0 Å². The van der Waals surface area contributed by atoms with Crippen LogP contribution in [0.25, 0.3) is 0 Å². The van der Waals surface area contributed by atoms with Gasteiger partial charge in [0.1, 0.15) is 5.75 Å². The van der Waals surface area contributed by atoms with Crippen molar-refractivity contribution in [2.45, 2.75) is 38.8 Å². The van der Waals surface area contributed by atoms with Crippen LogP contribution in [0.5, 0.6) is 5.75 Å². The molecular weight excluding hydrogens is 228 g/mol. The highest BCUT2D eigenvalue weighted by Crippen LogP contribution is 2.24. The van der Waals surface area contributed by atoms with E-state index in [0.29, 0.717) is 6.42 Å². The molecule has 0 aromatic heterocycles. The number of benzene rings is 1. The molecule has 1 amide bonds. The normalized spacial score (nSPS) is 13.8. The molecule has 2 atom stereocenters. The van der Waals surface area contributed by atoms with E-state index in [1.807, 2.05) is 38.1 Å². The van der Waals surface area contributed by atoms with E-state index >= 15 is 0 Å². The van der Waals surface area contributed by atoms with E-state index in [4.69, 9.17) is 10.5 Å². The first-order valence-electron chi connectivity index (χ1n) is 6.26. The van der Waals surface area contributed by atoms with Gasteiger partial charge >= 0.3 is 0 Å². The molecule has 1 aromatic rings. The van der Waals surface area contributed by atoms with Crippen molar-refractivity contribution < 1.29 is 9.53 Å². The van der Waals surface area contributed by atoms with E-state index in [-0.39, 0.29) is 18.0 Å². The van der Waals surface area contributed by atoms with Gasteiger partial charge in [-0.2, -0.15) is 0 Å². The maximum atomic E-state index is 11.8. The van der Waals surface area contributed by atoms with E-state index < -0.39 is 0 Å². The number of para-hydroxylation sites is 1. The monoisotopic (exact) mass is 250 g/mol. The Morgan fingerprint density at radius 2 is 2.11 bits per heavy atom. The molecule has 0 saturated heterocycles. The highest BCUT2D eigenvalue weighted by Gasteiger charge is 2.14. The van der Waals surface area contributed by atoms with Gasteiger partial charge in [0.25, 0.3) is 0 Å². The number of carbonyl (C=O) groups excluding carboxylic acids is 1. The summed E-state index contributed by atoms with van der Waals surface area (Å²) in [6.07, 6.45) is 1.16. The van der Waals surface area contributed by atoms with E-state index in [1.54, 1.807) is 7.11 Å². The maximum absolute atomic E-state index is 11.8. The number of methoxy groups -OCH3 is 1. The van der Waals surface area contributed by atoms with E-state index in [2.05, 4.69) is 5.32 Å². The number of rotatable bonds is 6. The Hall–Kier alpha value is -1.55. The van der Waals surface area contributed by atoms with Gasteiger partial charge in [0.15, 0.2) is 0 Å². The first-order chi connectivity index (χ1) is 8.58. The van der Waals surface area contributed by atoms with Crippen LogP contribution in [0.1, 0.15) is 38.3 Å². The molecule has 0 bridgehead atoms. The van der Waals surface area contributed by atoms with Crippen molar-refractivity contribution in [2.24, 2.45) is 5.73 Å². The molecular formula is C14H22N2O2. The summed E-state index contributed by atoms with van der Waals surface area (Å²) >= 11 is 0. The number of nitrogens with one attached hydrogen (secondary N) is 1. The third-order valence-electron chi connectivity index (χ3n) is 2.95. The molecule has 1 aromatic carbocycles. The minimum Gasteiger partial charge on any atom is -0.496 e. The van der Waals surface area contributed by atoms with Gasteiger partial charge in [-0.25, -0.2) is 0 Å². The Morgan fingerprint density at radius 1 is 1.44 bits per heavy atom. The fourth-order valence-corrected chi connectivity index (χ4v) is 1.78. The first-order valence-corrected chi connectivity index (χ1v) is 6.26.